The number of aryl methyl sites for hydroxylation is 1. The van der Waals surface area contributed by atoms with Crippen molar-refractivity contribution in [2.75, 3.05) is 13.1 Å². The lowest BCUT2D eigenvalue weighted by atomic mass is 10.1. The first-order valence-corrected chi connectivity index (χ1v) is 7.13. The summed E-state index contributed by atoms with van der Waals surface area (Å²) in [5, 5.41) is 1.94. The monoisotopic (exact) mass is 278 g/mol. The van der Waals surface area contributed by atoms with Crippen molar-refractivity contribution < 1.29 is 14.4 Å². The minimum Gasteiger partial charge on any atom is -0.334 e. The van der Waals surface area contributed by atoms with Crippen LogP contribution in [-0.2, 0) is 9.59 Å². The Balaban J connectivity index is 1.62. The summed E-state index contributed by atoms with van der Waals surface area (Å²) in [5.41, 5.74) is 1.08. The van der Waals surface area contributed by atoms with Crippen LogP contribution in [0, 0.1) is 6.92 Å². The van der Waals surface area contributed by atoms with E-state index in [0.717, 1.165) is 10.4 Å². The van der Waals surface area contributed by atoms with Crippen LogP contribution in [0.4, 0.5) is 0 Å². The maximum Gasteiger partial charge on any atom is 0.264 e. The van der Waals surface area contributed by atoms with E-state index in [1.165, 1.54) is 16.2 Å². The third-order valence-corrected chi connectivity index (χ3v) is 4.58. The molecule has 0 unspecified atom stereocenters. The van der Waals surface area contributed by atoms with Crippen LogP contribution in [0.5, 0.6) is 0 Å². The molecule has 100 valence electrons. The lowest BCUT2D eigenvalue weighted by molar-refractivity contribution is -0.144. The number of hydrogen-bond donors (Lipinski definition) is 0. The molecule has 1 aromatic rings. The molecule has 2 aliphatic heterocycles. The predicted octanol–water partition coefficient (Wildman–Crippen LogP) is 1.03. The van der Waals surface area contributed by atoms with Crippen molar-refractivity contribution in [1.29, 1.82) is 0 Å². The van der Waals surface area contributed by atoms with Crippen LogP contribution in [-0.4, -0.2) is 46.7 Å². The molecular formula is C13H14N2O3S. The van der Waals surface area contributed by atoms with Gasteiger partial charge in [0.25, 0.3) is 5.91 Å². The summed E-state index contributed by atoms with van der Waals surface area (Å²) < 4.78 is 0. The molecule has 2 aliphatic rings. The van der Waals surface area contributed by atoms with E-state index in [1.807, 2.05) is 18.4 Å². The molecule has 3 heterocycles. The molecule has 0 aliphatic carbocycles. The Morgan fingerprint density at radius 1 is 1.26 bits per heavy atom. The number of imide groups is 1. The topological polar surface area (TPSA) is 57.7 Å². The molecule has 0 atom stereocenters. The normalized spacial score (nSPS) is 20.1. The van der Waals surface area contributed by atoms with Gasteiger partial charge >= 0.3 is 0 Å². The number of carbonyl (C=O) groups excluding carboxylic acids is 3. The summed E-state index contributed by atoms with van der Waals surface area (Å²) >= 11 is 1.43. The van der Waals surface area contributed by atoms with Gasteiger partial charge in [-0.25, -0.2) is 0 Å². The van der Waals surface area contributed by atoms with Crippen molar-refractivity contribution in [3.8, 4) is 0 Å². The van der Waals surface area contributed by atoms with Gasteiger partial charge in [-0.1, -0.05) is 0 Å². The molecule has 0 N–H and O–H groups in total. The van der Waals surface area contributed by atoms with Crippen LogP contribution >= 0.6 is 11.3 Å². The molecule has 3 rings (SSSR count). The molecule has 2 fully saturated rings. The second-order valence-corrected chi connectivity index (χ2v) is 5.92. The Morgan fingerprint density at radius 2 is 1.89 bits per heavy atom. The van der Waals surface area contributed by atoms with E-state index in [-0.39, 0.29) is 23.8 Å². The molecule has 2 saturated heterocycles. The standard InChI is InChI=1S/C13H14N2O3S/c1-8-4-10(19-7-8)13(18)14-5-9(6-14)15-11(16)2-3-12(15)17/h4,7,9H,2-3,5-6H2,1H3. The van der Waals surface area contributed by atoms with Crippen molar-refractivity contribution in [3.05, 3.63) is 21.9 Å². The number of likely N-dealkylation sites (tertiary alicyclic amines) is 2. The highest BCUT2D eigenvalue weighted by Crippen LogP contribution is 2.25. The van der Waals surface area contributed by atoms with E-state index in [4.69, 9.17) is 0 Å². The van der Waals surface area contributed by atoms with Gasteiger partial charge in [-0.05, 0) is 23.9 Å². The molecule has 0 saturated carbocycles. The quantitative estimate of drug-likeness (QED) is 0.759. The molecule has 0 radical (unpaired) electrons. The molecule has 1 aromatic heterocycles. The van der Waals surface area contributed by atoms with Gasteiger partial charge < -0.3 is 4.90 Å². The summed E-state index contributed by atoms with van der Waals surface area (Å²) in [5.74, 6) is -0.212. The zero-order valence-corrected chi connectivity index (χ0v) is 11.4. The maximum absolute atomic E-state index is 12.1. The van der Waals surface area contributed by atoms with Crippen molar-refractivity contribution in [2.45, 2.75) is 25.8 Å². The number of thiophene rings is 1. The molecule has 3 amide bonds. The maximum atomic E-state index is 12.1. The first-order valence-electron chi connectivity index (χ1n) is 6.25. The second kappa shape index (κ2) is 4.45. The molecule has 0 bridgehead atoms. The Bertz CT molecular complexity index is 544. The van der Waals surface area contributed by atoms with Gasteiger partial charge in [-0.3, -0.25) is 19.3 Å². The second-order valence-electron chi connectivity index (χ2n) is 5.01. The van der Waals surface area contributed by atoms with Gasteiger partial charge in [0.2, 0.25) is 11.8 Å². The van der Waals surface area contributed by atoms with Crippen LogP contribution in [0.3, 0.4) is 0 Å². The first kappa shape index (κ1) is 12.3. The lowest BCUT2D eigenvalue weighted by Crippen LogP contribution is -2.62. The molecule has 0 spiro atoms. The van der Waals surface area contributed by atoms with Crippen molar-refractivity contribution >= 4 is 29.1 Å². The Hall–Kier alpha value is -1.69. The Morgan fingerprint density at radius 3 is 2.42 bits per heavy atom. The minimum atomic E-state index is -0.118. The van der Waals surface area contributed by atoms with Gasteiger partial charge in [0, 0.05) is 25.9 Å². The van der Waals surface area contributed by atoms with Gasteiger partial charge in [0.15, 0.2) is 0 Å². The molecule has 5 nitrogen and oxygen atoms in total. The van der Waals surface area contributed by atoms with E-state index in [1.54, 1.807) is 4.90 Å². The third-order valence-electron chi connectivity index (χ3n) is 3.55. The fourth-order valence-corrected chi connectivity index (χ4v) is 3.35. The van der Waals surface area contributed by atoms with Gasteiger partial charge in [0.05, 0.1) is 10.9 Å². The van der Waals surface area contributed by atoms with Gasteiger partial charge in [0.1, 0.15) is 0 Å². The largest absolute Gasteiger partial charge is 0.334 e. The van der Waals surface area contributed by atoms with E-state index in [2.05, 4.69) is 0 Å². The smallest absolute Gasteiger partial charge is 0.264 e. The summed E-state index contributed by atoms with van der Waals surface area (Å²) in [6.45, 7) is 2.88. The highest BCUT2D eigenvalue weighted by Gasteiger charge is 2.42. The number of nitrogens with zero attached hydrogens (tertiary/aromatic N) is 2. The zero-order chi connectivity index (χ0) is 13.6. The number of rotatable bonds is 2. The van der Waals surface area contributed by atoms with Crippen LogP contribution in [0.25, 0.3) is 0 Å². The van der Waals surface area contributed by atoms with Crippen LogP contribution in [0.15, 0.2) is 11.4 Å². The van der Waals surface area contributed by atoms with Crippen molar-refractivity contribution in [1.82, 2.24) is 9.80 Å². The highest BCUT2D eigenvalue weighted by atomic mass is 32.1. The number of hydrogen-bond acceptors (Lipinski definition) is 4. The first-order chi connectivity index (χ1) is 9.06. The van der Waals surface area contributed by atoms with E-state index < -0.39 is 0 Å². The summed E-state index contributed by atoms with van der Waals surface area (Å²) in [4.78, 5) is 39.0. The summed E-state index contributed by atoms with van der Waals surface area (Å²) in [6, 6.07) is 1.75. The molecule has 6 heteroatoms. The van der Waals surface area contributed by atoms with Crippen LogP contribution in [0.1, 0.15) is 28.1 Å². The van der Waals surface area contributed by atoms with Crippen molar-refractivity contribution in [2.24, 2.45) is 0 Å². The Labute approximate surface area is 114 Å². The van der Waals surface area contributed by atoms with E-state index in [0.29, 0.717) is 25.9 Å². The number of amides is 3. The molecular weight excluding hydrogens is 264 g/mol. The van der Waals surface area contributed by atoms with E-state index >= 15 is 0 Å². The fraction of sp³-hybridized carbons (Fsp3) is 0.462. The average molecular weight is 278 g/mol. The molecule has 19 heavy (non-hydrogen) atoms. The van der Waals surface area contributed by atoms with Crippen molar-refractivity contribution in [3.63, 3.8) is 0 Å². The minimum absolute atomic E-state index is 0.00607. The lowest BCUT2D eigenvalue weighted by Gasteiger charge is -2.42. The number of carbonyl (C=O) groups is 3. The Kier molecular flexibility index (Phi) is 2.89. The predicted molar refractivity (Wildman–Crippen MR) is 69.8 cm³/mol. The van der Waals surface area contributed by atoms with E-state index in [9.17, 15) is 14.4 Å². The highest BCUT2D eigenvalue weighted by molar-refractivity contribution is 7.12. The summed E-state index contributed by atoms with van der Waals surface area (Å²) in [7, 11) is 0. The third kappa shape index (κ3) is 2.06. The SMILES string of the molecule is Cc1csc(C(=O)N2CC(N3C(=O)CCC3=O)C2)c1. The van der Waals surface area contributed by atoms with Crippen LogP contribution < -0.4 is 0 Å². The summed E-state index contributed by atoms with van der Waals surface area (Å²) in [6.07, 6.45) is 0.626. The fourth-order valence-electron chi connectivity index (χ4n) is 2.48. The molecule has 0 aromatic carbocycles. The zero-order valence-electron chi connectivity index (χ0n) is 10.6. The van der Waals surface area contributed by atoms with Gasteiger partial charge in [-0.2, -0.15) is 0 Å². The van der Waals surface area contributed by atoms with Gasteiger partial charge in [-0.15, -0.1) is 11.3 Å². The van der Waals surface area contributed by atoms with Crippen LogP contribution in [0.2, 0.25) is 0 Å². The average Bonchev–Trinajstić information content (AvgIpc) is 2.87.